The fourth-order valence-electron chi connectivity index (χ4n) is 2.23. The first kappa shape index (κ1) is 10.3. The Bertz CT molecular complexity index is 265. The Hall–Kier alpha value is -0.770. The summed E-state index contributed by atoms with van der Waals surface area (Å²) in [7, 11) is 0. The Balaban J connectivity index is 3.03. The molecule has 72 valence electrons. The van der Waals surface area contributed by atoms with Gasteiger partial charge in [0.15, 0.2) is 0 Å². The van der Waals surface area contributed by atoms with Gasteiger partial charge in [0.25, 0.3) is 0 Å². The third-order valence-corrected chi connectivity index (χ3v) is 3.49. The Labute approximate surface area is 81.5 Å². The van der Waals surface area contributed by atoms with Gasteiger partial charge in [-0.25, -0.2) is 0 Å². The maximum absolute atomic E-state index is 8.77. The second-order valence-corrected chi connectivity index (χ2v) is 4.82. The van der Waals surface area contributed by atoms with Gasteiger partial charge in [-0.2, -0.15) is 5.26 Å². The molecule has 0 bridgehead atoms. The summed E-state index contributed by atoms with van der Waals surface area (Å²) in [4.78, 5) is 0. The highest BCUT2D eigenvalue weighted by Gasteiger charge is 2.30. The van der Waals surface area contributed by atoms with Gasteiger partial charge in [-0.3, -0.25) is 0 Å². The van der Waals surface area contributed by atoms with E-state index in [1.165, 1.54) is 24.0 Å². The van der Waals surface area contributed by atoms with Crippen LogP contribution in [0, 0.1) is 22.7 Å². The molecule has 0 spiro atoms. The summed E-state index contributed by atoms with van der Waals surface area (Å²) in [5, 5.41) is 8.77. The standard InChI is InChI=1S/C12H19N/c1-9-5-7-12(3,4)11(6-8-13)10(9)2/h9H,5-7H2,1-4H3/t9-/m1/s1. The monoisotopic (exact) mass is 177 g/mol. The van der Waals surface area contributed by atoms with Crippen LogP contribution in [0.3, 0.4) is 0 Å². The van der Waals surface area contributed by atoms with Gasteiger partial charge in [-0.15, -0.1) is 0 Å². The van der Waals surface area contributed by atoms with Crippen molar-refractivity contribution in [1.82, 2.24) is 0 Å². The Kier molecular flexibility index (Phi) is 2.81. The molecule has 0 aromatic heterocycles. The minimum atomic E-state index is 0.256. The molecular formula is C12H19N. The van der Waals surface area contributed by atoms with Crippen LogP contribution in [-0.2, 0) is 0 Å². The first-order valence-electron chi connectivity index (χ1n) is 5.06. The molecule has 1 rings (SSSR count). The van der Waals surface area contributed by atoms with E-state index in [1.54, 1.807) is 0 Å². The normalized spacial score (nSPS) is 27.2. The molecule has 0 amide bonds. The molecule has 13 heavy (non-hydrogen) atoms. The average Bonchev–Trinajstić information content (AvgIpc) is 2.07. The van der Waals surface area contributed by atoms with E-state index in [0.29, 0.717) is 12.3 Å². The first-order valence-corrected chi connectivity index (χ1v) is 5.06. The van der Waals surface area contributed by atoms with E-state index in [-0.39, 0.29) is 5.41 Å². The average molecular weight is 177 g/mol. The molecule has 1 heteroatoms. The van der Waals surface area contributed by atoms with Crippen molar-refractivity contribution in [3.8, 4) is 6.07 Å². The minimum Gasteiger partial charge on any atom is -0.198 e. The highest BCUT2D eigenvalue weighted by Crippen LogP contribution is 2.43. The van der Waals surface area contributed by atoms with Crippen molar-refractivity contribution >= 4 is 0 Å². The highest BCUT2D eigenvalue weighted by molar-refractivity contribution is 5.26. The smallest absolute Gasteiger partial charge is 0.0666 e. The van der Waals surface area contributed by atoms with E-state index < -0.39 is 0 Å². The summed E-state index contributed by atoms with van der Waals surface area (Å²) in [5.41, 5.74) is 3.10. The lowest BCUT2D eigenvalue weighted by Crippen LogP contribution is -2.23. The zero-order valence-electron chi connectivity index (χ0n) is 9.15. The van der Waals surface area contributed by atoms with Crippen molar-refractivity contribution in [2.45, 2.75) is 47.0 Å². The van der Waals surface area contributed by atoms with Crippen LogP contribution in [0.1, 0.15) is 47.0 Å². The number of allylic oxidation sites excluding steroid dienone is 2. The second kappa shape index (κ2) is 3.54. The van der Waals surface area contributed by atoms with Gasteiger partial charge in [0, 0.05) is 0 Å². The molecule has 1 atom stereocenters. The lowest BCUT2D eigenvalue weighted by Gasteiger charge is -2.36. The predicted molar refractivity (Wildman–Crippen MR) is 55.1 cm³/mol. The maximum Gasteiger partial charge on any atom is 0.0666 e. The summed E-state index contributed by atoms with van der Waals surface area (Å²) in [6, 6.07) is 2.29. The minimum absolute atomic E-state index is 0.256. The number of nitriles is 1. The summed E-state index contributed by atoms with van der Waals surface area (Å²) in [6.07, 6.45) is 3.11. The van der Waals surface area contributed by atoms with E-state index in [4.69, 9.17) is 5.26 Å². The lowest BCUT2D eigenvalue weighted by molar-refractivity contribution is 0.326. The van der Waals surface area contributed by atoms with Crippen molar-refractivity contribution in [2.24, 2.45) is 11.3 Å². The molecule has 0 unspecified atom stereocenters. The fourth-order valence-corrected chi connectivity index (χ4v) is 2.23. The van der Waals surface area contributed by atoms with Crippen LogP contribution in [0.5, 0.6) is 0 Å². The third-order valence-electron chi connectivity index (χ3n) is 3.49. The quantitative estimate of drug-likeness (QED) is 0.560. The molecular weight excluding hydrogens is 158 g/mol. The number of hydrogen-bond acceptors (Lipinski definition) is 1. The summed E-state index contributed by atoms with van der Waals surface area (Å²) < 4.78 is 0. The van der Waals surface area contributed by atoms with Crippen molar-refractivity contribution < 1.29 is 0 Å². The molecule has 0 aromatic rings. The summed E-state index contributed by atoms with van der Waals surface area (Å²) >= 11 is 0. The van der Waals surface area contributed by atoms with Crippen molar-refractivity contribution in [3.05, 3.63) is 11.1 Å². The van der Waals surface area contributed by atoms with Crippen LogP contribution >= 0.6 is 0 Å². The third kappa shape index (κ3) is 1.94. The molecule has 1 aliphatic rings. The molecule has 1 nitrogen and oxygen atoms in total. The van der Waals surface area contributed by atoms with Crippen LogP contribution in [-0.4, -0.2) is 0 Å². The van der Waals surface area contributed by atoms with Gasteiger partial charge in [0.05, 0.1) is 12.5 Å². The van der Waals surface area contributed by atoms with Crippen LogP contribution < -0.4 is 0 Å². The first-order chi connectivity index (χ1) is 5.99. The zero-order valence-corrected chi connectivity index (χ0v) is 9.15. The lowest BCUT2D eigenvalue weighted by atomic mass is 9.68. The van der Waals surface area contributed by atoms with Crippen LogP contribution in [0.2, 0.25) is 0 Å². The van der Waals surface area contributed by atoms with Crippen LogP contribution in [0.15, 0.2) is 11.1 Å². The van der Waals surface area contributed by atoms with E-state index in [9.17, 15) is 0 Å². The molecule has 0 aliphatic heterocycles. The number of rotatable bonds is 1. The van der Waals surface area contributed by atoms with Crippen LogP contribution in [0.4, 0.5) is 0 Å². The fraction of sp³-hybridized carbons (Fsp3) is 0.750. The summed E-state index contributed by atoms with van der Waals surface area (Å²) in [5.74, 6) is 0.677. The van der Waals surface area contributed by atoms with Crippen molar-refractivity contribution in [3.63, 3.8) is 0 Å². The molecule has 0 radical (unpaired) electrons. The molecule has 0 saturated carbocycles. The molecule has 0 fully saturated rings. The molecule has 0 saturated heterocycles. The maximum atomic E-state index is 8.77. The molecule has 0 aromatic carbocycles. The van der Waals surface area contributed by atoms with Crippen molar-refractivity contribution in [1.29, 1.82) is 5.26 Å². The Morgan fingerprint density at radius 2 is 2.15 bits per heavy atom. The SMILES string of the molecule is CC1=C(CC#N)C(C)(C)CC[C@H]1C. The van der Waals surface area contributed by atoms with E-state index in [1.807, 2.05) is 0 Å². The largest absolute Gasteiger partial charge is 0.198 e. The topological polar surface area (TPSA) is 23.8 Å². The number of hydrogen-bond donors (Lipinski definition) is 0. The predicted octanol–water partition coefficient (Wildman–Crippen LogP) is 3.67. The van der Waals surface area contributed by atoms with E-state index in [0.717, 1.165) is 0 Å². The van der Waals surface area contributed by atoms with E-state index in [2.05, 4.69) is 33.8 Å². The van der Waals surface area contributed by atoms with Gasteiger partial charge in [0.2, 0.25) is 0 Å². The van der Waals surface area contributed by atoms with Gasteiger partial charge >= 0.3 is 0 Å². The van der Waals surface area contributed by atoms with Crippen molar-refractivity contribution in [2.75, 3.05) is 0 Å². The van der Waals surface area contributed by atoms with Crippen LogP contribution in [0.25, 0.3) is 0 Å². The molecule has 0 N–H and O–H groups in total. The Morgan fingerprint density at radius 3 is 2.69 bits per heavy atom. The van der Waals surface area contributed by atoms with E-state index >= 15 is 0 Å². The highest BCUT2D eigenvalue weighted by atomic mass is 14.4. The van der Waals surface area contributed by atoms with Gasteiger partial charge < -0.3 is 0 Å². The number of nitrogens with zero attached hydrogens (tertiary/aromatic N) is 1. The molecule has 1 aliphatic carbocycles. The van der Waals surface area contributed by atoms with Gasteiger partial charge in [-0.05, 0) is 31.1 Å². The van der Waals surface area contributed by atoms with Gasteiger partial charge in [0.1, 0.15) is 0 Å². The molecule has 0 heterocycles. The Morgan fingerprint density at radius 1 is 1.54 bits per heavy atom. The second-order valence-electron chi connectivity index (χ2n) is 4.82. The summed E-state index contributed by atoms with van der Waals surface area (Å²) in [6.45, 7) is 8.98. The van der Waals surface area contributed by atoms with Gasteiger partial charge in [-0.1, -0.05) is 31.9 Å². The zero-order chi connectivity index (χ0) is 10.1.